The molecule has 1 aliphatic carbocycles. The molecule has 0 saturated carbocycles. The van der Waals surface area contributed by atoms with E-state index in [9.17, 15) is 9.59 Å². The summed E-state index contributed by atoms with van der Waals surface area (Å²) in [4.78, 5) is 42.0. The average molecular weight is 608 g/mol. The highest BCUT2D eigenvalue weighted by Gasteiger charge is 2.55. The Morgan fingerprint density at radius 3 is 2.26 bits per heavy atom. The highest BCUT2D eigenvalue weighted by atomic mass is 16.5. The molecule has 0 radical (unpaired) electrons. The monoisotopic (exact) mass is 607 g/mol. The average Bonchev–Trinajstić information content (AvgIpc) is 3.61. The van der Waals surface area contributed by atoms with Gasteiger partial charge in [0.2, 0.25) is 0 Å². The molecule has 1 N–H and O–H groups in total. The summed E-state index contributed by atoms with van der Waals surface area (Å²) in [6, 6.07) is 32.6. The fourth-order valence-corrected chi connectivity index (χ4v) is 6.53. The number of ether oxygens (including phenoxy) is 2. The van der Waals surface area contributed by atoms with E-state index < -0.39 is 5.41 Å². The number of hydrogen-bond acceptors (Lipinski definition) is 6. The van der Waals surface area contributed by atoms with Gasteiger partial charge in [0.15, 0.2) is 11.6 Å². The summed E-state index contributed by atoms with van der Waals surface area (Å²) in [6.07, 6.45) is 4.16. The standard InChI is InChI=1S/C39H33N3O4/c1-25(28-11-7-4-8-12-28)21-34-41-35-32(15-16-33(45-2)36(35)42-34)39(23-26-17-19-40-20-18-26)37(43)30-14-13-29(22-31(30)38(39)44)46-24-27-9-5-3-6-10-27/h3-20,22,25H,21,23-24H2,1-2H3,(H,41,42). The highest BCUT2D eigenvalue weighted by Crippen LogP contribution is 2.46. The first kappa shape index (κ1) is 29.2. The molecule has 7 rings (SSSR count). The van der Waals surface area contributed by atoms with E-state index in [0.717, 1.165) is 17.0 Å². The van der Waals surface area contributed by atoms with Gasteiger partial charge in [0.25, 0.3) is 0 Å². The lowest BCUT2D eigenvalue weighted by atomic mass is 9.71. The Hall–Kier alpha value is -5.56. The number of aromatic amines is 1. The van der Waals surface area contributed by atoms with Gasteiger partial charge in [0.1, 0.15) is 34.9 Å². The predicted molar refractivity (Wildman–Crippen MR) is 177 cm³/mol. The fraction of sp³-hybridized carbons (Fsp3) is 0.179. The molecule has 2 heterocycles. The predicted octanol–water partition coefficient (Wildman–Crippen LogP) is 7.45. The topological polar surface area (TPSA) is 94.2 Å². The molecule has 1 aliphatic rings. The minimum Gasteiger partial charge on any atom is -0.494 e. The number of benzene rings is 4. The molecule has 0 bridgehead atoms. The third-order valence-corrected chi connectivity index (χ3v) is 8.93. The summed E-state index contributed by atoms with van der Waals surface area (Å²) in [5, 5.41) is 0. The van der Waals surface area contributed by atoms with Gasteiger partial charge in [0, 0.05) is 35.5 Å². The van der Waals surface area contributed by atoms with Crippen LogP contribution in [0.15, 0.2) is 116 Å². The molecule has 7 nitrogen and oxygen atoms in total. The van der Waals surface area contributed by atoms with Gasteiger partial charge in [-0.05, 0) is 65.4 Å². The van der Waals surface area contributed by atoms with Gasteiger partial charge < -0.3 is 14.5 Å². The highest BCUT2D eigenvalue weighted by molar-refractivity contribution is 6.34. The summed E-state index contributed by atoms with van der Waals surface area (Å²) in [5.74, 6) is 1.52. The first-order chi connectivity index (χ1) is 22.5. The van der Waals surface area contributed by atoms with Crippen LogP contribution < -0.4 is 9.47 Å². The van der Waals surface area contributed by atoms with Crippen molar-refractivity contribution in [1.82, 2.24) is 15.0 Å². The lowest BCUT2D eigenvalue weighted by molar-refractivity contribution is 0.0794. The summed E-state index contributed by atoms with van der Waals surface area (Å²) in [6.45, 7) is 2.51. The third kappa shape index (κ3) is 5.13. The summed E-state index contributed by atoms with van der Waals surface area (Å²) in [7, 11) is 1.60. The van der Waals surface area contributed by atoms with Crippen LogP contribution in [-0.2, 0) is 24.9 Å². The summed E-state index contributed by atoms with van der Waals surface area (Å²) in [5.41, 5.74) is 4.03. The van der Waals surface area contributed by atoms with Crippen molar-refractivity contribution in [3.05, 3.63) is 155 Å². The third-order valence-electron chi connectivity index (χ3n) is 8.93. The van der Waals surface area contributed by atoms with Crippen molar-refractivity contribution in [1.29, 1.82) is 0 Å². The largest absolute Gasteiger partial charge is 0.494 e. The van der Waals surface area contributed by atoms with Crippen LogP contribution in [0.2, 0.25) is 0 Å². The number of Topliss-reactive ketones (excluding diaryl/α,β-unsaturated/α-hetero) is 2. The van der Waals surface area contributed by atoms with Gasteiger partial charge in [-0.25, -0.2) is 4.98 Å². The van der Waals surface area contributed by atoms with Crippen molar-refractivity contribution in [2.45, 2.75) is 37.7 Å². The number of H-pyrrole nitrogens is 1. The second kappa shape index (κ2) is 12.1. The summed E-state index contributed by atoms with van der Waals surface area (Å²) >= 11 is 0. The van der Waals surface area contributed by atoms with E-state index in [0.29, 0.717) is 52.3 Å². The number of carbonyl (C=O) groups excluding carboxylic acids is 2. The van der Waals surface area contributed by atoms with Gasteiger partial charge in [-0.3, -0.25) is 14.6 Å². The number of nitrogens with one attached hydrogen (secondary N) is 1. The number of rotatable bonds is 10. The smallest absolute Gasteiger partial charge is 0.182 e. The fourth-order valence-electron chi connectivity index (χ4n) is 6.53. The summed E-state index contributed by atoms with van der Waals surface area (Å²) < 4.78 is 11.8. The number of fused-ring (bicyclic) bond motifs is 2. The van der Waals surface area contributed by atoms with Crippen molar-refractivity contribution in [2.24, 2.45) is 0 Å². The number of methoxy groups -OCH3 is 1. The van der Waals surface area contributed by atoms with E-state index in [1.165, 1.54) is 5.56 Å². The van der Waals surface area contributed by atoms with Crippen LogP contribution in [0.4, 0.5) is 0 Å². The molecule has 2 atom stereocenters. The van der Waals surface area contributed by atoms with Crippen LogP contribution in [0.25, 0.3) is 11.0 Å². The van der Waals surface area contributed by atoms with E-state index in [-0.39, 0.29) is 23.9 Å². The van der Waals surface area contributed by atoms with Crippen LogP contribution in [0, 0.1) is 0 Å². The molecule has 6 aromatic rings. The van der Waals surface area contributed by atoms with Crippen molar-refractivity contribution < 1.29 is 19.1 Å². The van der Waals surface area contributed by atoms with Crippen LogP contribution in [0.1, 0.15) is 61.6 Å². The Balaban J connectivity index is 1.33. The van der Waals surface area contributed by atoms with Crippen molar-refractivity contribution in [3.8, 4) is 11.5 Å². The van der Waals surface area contributed by atoms with E-state index in [1.54, 1.807) is 43.8 Å². The molecule has 4 aromatic carbocycles. The SMILES string of the molecule is COc1ccc(C2(Cc3ccncc3)C(=O)c3ccc(OCc4ccccc4)cc3C2=O)c2[nH]c(CC(C)c3ccccc3)nc12. The maximum absolute atomic E-state index is 14.8. The Kier molecular flexibility index (Phi) is 7.66. The Morgan fingerprint density at radius 2 is 1.52 bits per heavy atom. The minimum absolute atomic E-state index is 0.165. The molecule has 0 aliphatic heterocycles. The molecule has 0 spiro atoms. The number of imidazole rings is 1. The molecule has 0 amide bonds. The molecular formula is C39H33N3O4. The molecule has 2 unspecified atom stereocenters. The molecule has 0 fully saturated rings. The lowest BCUT2D eigenvalue weighted by Gasteiger charge is -2.27. The Bertz CT molecular complexity index is 2040. The Labute approximate surface area is 267 Å². The second-order valence-corrected chi connectivity index (χ2v) is 11.8. The first-order valence-corrected chi connectivity index (χ1v) is 15.4. The Morgan fingerprint density at radius 1 is 0.804 bits per heavy atom. The maximum Gasteiger partial charge on any atom is 0.182 e. The first-order valence-electron chi connectivity index (χ1n) is 15.4. The lowest BCUT2D eigenvalue weighted by Crippen LogP contribution is -2.41. The quantitative estimate of drug-likeness (QED) is 0.163. The van der Waals surface area contributed by atoms with E-state index >= 15 is 0 Å². The van der Waals surface area contributed by atoms with Gasteiger partial charge in [-0.2, -0.15) is 0 Å². The maximum atomic E-state index is 14.8. The number of hydrogen-bond donors (Lipinski definition) is 1. The zero-order valence-electron chi connectivity index (χ0n) is 25.7. The van der Waals surface area contributed by atoms with E-state index in [1.807, 2.05) is 66.7 Å². The normalized spacial score (nSPS) is 16.4. The van der Waals surface area contributed by atoms with E-state index in [2.05, 4.69) is 29.0 Å². The van der Waals surface area contributed by atoms with Crippen molar-refractivity contribution >= 4 is 22.6 Å². The van der Waals surface area contributed by atoms with Gasteiger partial charge in [-0.1, -0.05) is 73.7 Å². The van der Waals surface area contributed by atoms with Crippen LogP contribution in [0.3, 0.4) is 0 Å². The van der Waals surface area contributed by atoms with Crippen LogP contribution in [-0.4, -0.2) is 33.6 Å². The van der Waals surface area contributed by atoms with Gasteiger partial charge in [0.05, 0.1) is 12.6 Å². The number of aromatic nitrogens is 3. The minimum atomic E-state index is -1.53. The molecule has 228 valence electrons. The molecule has 2 aromatic heterocycles. The van der Waals surface area contributed by atoms with Crippen LogP contribution >= 0.6 is 0 Å². The van der Waals surface area contributed by atoms with Gasteiger partial charge >= 0.3 is 0 Å². The molecular weight excluding hydrogens is 574 g/mol. The van der Waals surface area contributed by atoms with Gasteiger partial charge in [-0.15, -0.1) is 0 Å². The molecule has 46 heavy (non-hydrogen) atoms. The second-order valence-electron chi connectivity index (χ2n) is 11.8. The van der Waals surface area contributed by atoms with Crippen LogP contribution in [0.5, 0.6) is 11.5 Å². The number of ketones is 2. The zero-order chi connectivity index (χ0) is 31.7. The van der Waals surface area contributed by atoms with Crippen molar-refractivity contribution in [3.63, 3.8) is 0 Å². The number of nitrogens with zero attached hydrogens (tertiary/aromatic N) is 2. The number of carbonyl (C=O) groups is 2. The van der Waals surface area contributed by atoms with E-state index in [4.69, 9.17) is 14.5 Å². The van der Waals surface area contributed by atoms with Crippen molar-refractivity contribution in [2.75, 3.05) is 7.11 Å². The number of pyridine rings is 1. The molecule has 0 saturated heterocycles. The zero-order valence-corrected chi connectivity index (χ0v) is 25.7. The molecule has 7 heteroatoms.